The van der Waals surface area contributed by atoms with Crippen molar-refractivity contribution >= 4 is 16.9 Å². The van der Waals surface area contributed by atoms with Crippen molar-refractivity contribution in [2.75, 3.05) is 6.61 Å². The Labute approximate surface area is 185 Å². The second kappa shape index (κ2) is 7.81. The summed E-state index contributed by atoms with van der Waals surface area (Å²) in [6, 6.07) is 11.9. The van der Waals surface area contributed by atoms with E-state index in [0.717, 1.165) is 0 Å². The molecule has 1 aromatic heterocycles. The van der Waals surface area contributed by atoms with Gasteiger partial charge in [0.1, 0.15) is 5.75 Å². The van der Waals surface area contributed by atoms with Crippen molar-refractivity contribution in [3.63, 3.8) is 0 Å². The van der Waals surface area contributed by atoms with Crippen LogP contribution in [-0.2, 0) is 15.5 Å². The standard InChI is InChI=1S/C25H25F2NO4/c1-14-20(22(23(29)30)32-24(2,3)4)21(16-7-5-6-8-18(16)28-14)15-9-10-19-17(13-15)25(26,27)11-12-31-19/h5-10,13,22H,11-12H2,1-4H3,(H,29,30)/t22-/m0/s1. The van der Waals surface area contributed by atoms with Crippen LogP contribution in [0.2, 0.25) is 0 Å². The zero-order valence-electron chi connectivity index (χ0n) is 18.4. The lowest BCUT2D eigenvalue weighted by Gasteiger charge is -2.29. The number of benzene rings is 2. The van der Waals surface area contributed by atoms with Gasteiger partial charge in [-0.2, -0.15) is 0 Å². The molecule has 0 bridgehead atoms. The zero-order chi connectivity index (χ0) is 23.3. The molecule has 0 radical (unpaired) electrons. The van der Waals surface area contributed by atoms with Crippen LogP contribution in [0.25, 0.3) is 22.0 Å². The van der Waals surface area contributed by atoms with E-state index in [9.17, 15) is 18.7 Å². The highest BCUT2D eigenvalue weighted by Gasteiger charge is 2.39. The smallest absolute Gasteiger partial charge is 0.337 e. The predicted octanol–water partition coefficient (Wildman–Crippen LogP) is 6.03. The molecule has 1 aliphatic rings. The number of alkyl halides is 2. The maximum Gasteiger partial charge on any atom is 0.337 e. The molecular formula is C25H25F2NO4. The van der Waals surface area contributed by atoms with E-state index in [2.05, 4.69) is 4.98 Å². The van der Waals surface area contributed by atoms with E-state index >= 15 is 0 Å². The Morgan fingerprint density at radius 2 is 1.94 bits per heavy atom. The fourth-order valence-electron chi connectivity index (χ4n) is 4.09. The summed E-state index contributed by atoms with van der Waals surface area (Å²) in [5, 5.41) is 10.7. The number of aliphatic carboxylic acids is 1. The summed E-state index contributed by atoms with van der Waals surface area (Å²) in [6.45, 7) is 6.96. The third kappa shape index (κ3) is 4.05. The van der Waals surface area contributed by atoms with Gasteiger partial charge in [0.15, 0.2) is 6.10 Å². The third-order valence-corrected chi connectivity index (χ3v) is 5.41. The average Bonchev–Trinajstić information content (AvgIpc) is 2.70. The summed E-state index contributed by atoms with van der Waals surface area (Å²) in [6.07, 6.45) is -1.73. The van der Waals surface area contributed by atoms with Crippen LogP contribution in [0.1, 0.15) is 50.1 Å². The molecule has 1 atom stereocenters. The number of ether oxygens (including phenoxy) is 2. The van der Waals surface area contributed by atoms with Gasteiger partial charge in [0.2, 0.25) is 0 Å². The highest BCUT2D eigenvalue weighted by Crippen LogP contribution is 2.45. The van der Waals surface area contributed by atoms with Gasteiger partial charge in [-0.25, -0.2) is 13.6 Å². The van der Waals surface area contributed by atoms with Crippen molar-refractivity contribution in [3.05, 3.63) is 59.3 Å². The molecule has 0 saturated heterocycles. The van der Waals surface area contributed by atoms with Crippen molar-refractivity contribution in [3.8, 4) is 16.9 Å². The largest absolute Gasteiger partial charge is 0.493 e. The monoisotopic (exact) mass is 441 g/mol. The first-order chi connectivity index (χ1) is 15.0. The quantitative estimate of drug-likeness (QED) is 0.536. The molecule has 0 saturated carbocycles. The molecular weight excluding hydrogens is 416 g/mol. The van der Waals surface area contributed by atoms with E-state index in [0.29, 0.717) is 33.3 Å². The Morgan fingerprint density at radius 3 is 2.62 bits per heavy atom. The number of rotatable bonds is 4. The molecule has 1 aliphatic heterocycles. The average molecular weight is 441 g/mol. The first kappa shape index (κ1) is 22.1. The molecule has 0 aliphatic carbocycles. The van der Waals surface area contributed by atoms with E-state index in [1.54, 1.807) is 33.8 Å². The molecule has 168 valence electrons. The minimum atomic E-state index is -3.03. The predicted molar refractivity (Wildman–Crippen MR) is 117 cm³/mol. The van der Waals surface area contributed by atoms with Gasteiger partial charge in [0, 0.05) is 16.6 Å². The second-order valence-electron chi connectivity index (χ2n) is 8.97. The second-order valence-corrected chi connectivity index (χ2v) is 8.97. The van der Waals surface area contributed by atoms with Crippen LogP contribution >= 0.6 is 0 Å². The van der Waals surface area contributed by atoms with Crippen molar-refractivity contribution < 1.29 is 28.2 Å². The first-order valence-electron chi connectivity index (χ1n) is 10.4. The maximum absolute atomic E-state index is 14.7. The molecule has 0 spiro atoms. The summed E-state index contributed by atoms with van der Waals surface area (Å²) in [4.78, 5) is 16.9. The van der Waals surface area contributed by atoms with Crippen LogP contribution < -0.4 is 4.74 Å². The van der Waals surface area contributed by atoms with E-state index in [4.69, 9.17) is 9.47 Å². The Bertz CT molecular complexity index is 1200. The number of nitrogens with zero attached hydrogens (tertiary/aromatic N) is 1. The lowest BCUT2D eigenvalue weighted by atomic mass is 9.89. The number of hydrogen-bond acceptors (Lipinski definition) is 4. The number of carboxylic acid groups (broad SMARTS) is 1. The number of halogens is 2. The Morgan fingerprint density at radius 1 is 1.22 bits per heavy atom. The number of para-hydroxylation sites is 1. The Balaban J connectivity index is 2.04. The van der Waals surface area contributed by atoms with Gasteiger partial charge in [-0.1, -0.05) is 24.3 Å². The van der Waals surface area contributed by atoms with Crippen LogP contribution in [-0.4, -0.2) is 28.3 Å². The van der Waals surface area contributed by atoms with Gasteiger partial charge in [-0.15, -0.1) is 0 Å². The van der Waals surface area contributed by atoms with Gasteiger partial charge in [-0.3, -0.25) is 4.98 Å². The Hall–Kier alpha value is -3.06. The molecule has 2 heterocycles. The van der Waals surface area contributed by atoms with Crippen molar-refractivity contribution in [2.24, 2.45) is 0 Å². The maximum atomic E-state index is 14.7. The summed E-state index contributed by atoms with van der Waals surface area (Å²) in [5.41, 5.74) is 1.50. The molecule has 5 nitrogen and oxygen atoms in total. The number of aromatic nitrogens is 1. The summed E-state index contributed by atoms with van der Waals surface area (Å²) in [5.74, 6) is -4.06. The number of pyridine rings is 1. The lowest BCUT2D eigenvalue weighted by molar-refractivity contribution is -0.160. The molecule has 0 unspecified atom stereocenters. The van der Waals surface area contributed by atoms with E-state index in [1.807, 2.05) is 24.3 Å². The molecule has 0 fully saturated rings. The zero-order valence-corrected chi connectivity index (χ0v) is 18.4. The van der Waals surface area contributed by atoms with E-state index < -0.39 is 30.0 Å². The lowest BCUT2D eigenvalue weighted by Crippen LogP contribution is -2.28. The summed E-state index contributed by atoms with van der Waals surface area (Å²) < 4.78 is 40.7. The van der Waals surface area contributed by atoms with Crippen LogP contribution in [0.15, 0.2) is 42.5 Å². The molecule has 32 heavy (non-hydrogen) atoms. The SMILES string of the molecule is Cc1nc2ccccc2c(-c2ccc3c(c2)C(F)(F)CCO3)c1[C@H](OC(C)(C)C)C(=O)O. The fourth-order valence-corrected chi connectivity index (χ4v) is 4.09. The number of hydrogen-bond donors (Lipinski definition) is 1. The Kier molecular flexibility index (Phi) is 5.41. The number of fused-ring (bicyclic) bond motifs is 2. The molecule has 2 aromatic carbocycles. The minimum absolute atomic E-state index is 0.0532. The van der Waals surface area contributed by atoms with Gasteiger partial charge < -0.3 is 14.6 Å². The highest BCUT2D eigenvalue weighted by molar-refractivity contribution is 5.98. The minimum Gasteiger partial charge on any atom is -0.493 e. The molecule has 4 rings (SSSR count). The van der Waals surface area contributed by atoms with E-state index in [1.165, 1.54) is 12.1 Å². The summed E-state index contributed by atoms with van der Waals surface area (Å²) in [7, 11) is 0. The normalized spacial score (nSPS) is 16.3. The molecule has 7 heteroatoms. The van der Waals surface area contributed by atoms with Crippen LogP contribution in [0.3, 0.4) is 0 Å². The third-order valence-electron chi connectivity index (χ3n) is 5.41. The van der Waals surface area contributed by atoms with Gasteiger partial charge in [0.05, 0.1) is 29.7 Å². The molecule has 3 aromatic rings. The first-order valence-corrected chi connectivity index (χ1v) is 10.4. The molecule has 0 amide bonds. The van der Waals surface area contributed by atoms with Crippen LogP contribution in [0.5, 0.6) is 5.75 Å². The van der Waals surface area contributed by atoms with Crippen molar-refractivity contribution in [1.29, 1.82) is 0 Å². The molecule has 1 N–H and O–H groups in total. The topological polar surface area (TPSA) is 68.7 Å². The van der Waals surface area contributed by atoms with Crippen molar-refractivity contribution in [2.45, 2.75) is 51.7 Å². The van der Waals surface area contributed by atoms with E-state index in [-0.39, 0.29) is 17.9 Å². The van der Waals surface area contributed by atoms with Gasteiger partial charge in [0.25, 0.3) is 5.92 Å². The fraction of sp³-hybridized carbons (Fsp3) is 0.360. The van der Waals surface area contributed by atoms with Gasteiger partial charge in [-0.05, 0) is 57.0 Å². The van der Waals surface area contributed by atoms with Gasteiger partial charge >= 0.3 is 5.97 Å². The van der Waals surface area contributed by atoms with Crippen LogP contribution in [0.4, 0.5) is 8.78 Å². The summed E-state index contributed by atoms with van der Waals surface area (Å²) >= 11 is 0. The number of carbonyl (C=O) groups is 1. The van der Waals surface area contributed by atoms with Crippen molar-refractivity contribution in [1.82, 2.24) is 4.98 Å². The highest BCUT2D eigenvalue weighted by atomic mass is 19.3. The number of aryl methyl sites for hydroxylation is 1. The number of carboxylic acids is 1. The van der Waals surface area contributed by atoms with Crippen LogP contribution in [0, 0.1) is 6.92 Å².